The van der Waals surface area contributed by atoms with Crippen LogP contribution in [0.25, 0.3) is 5.69 Å². The van der Waals surface area contributed by atoms with Crippen LogP contribution >= 0.6 is 0 Å². The van der Waals surface area contributed by atoms with E-state index in [4.69, 9.17) is 0 Å². The van der Waals surface area contributed by atoms with Crippen molar-refractivity contribution in [2.75, 3.05) is 5.32 Å². The minimum atomic E-state index is 0.707. The highest BCUT2D eigenvalue weighted by Gasteiger charge is 2.03. The van der Waals surface area contributed by atoms with Crippen molar-refractivity contribution in [2.45, 2.75) is 26.4 Å². The number of nitrogens with zero attached hydrogens (tertiary/aromatic N) is 5. The third-order valence-corrected chi connectivity index (χ3v) is 3.28. The summed E-state index contributed by atoms with van der Waals surface area (Å²) in [6, 6.07) is 8.14. The maximum absolute atomic E-state index is 4.40. The summed E-state index contributed by atoms with van der Waals surface area (Å²) < 4.78 is 4.06. The van der Waals surface area contributed by atoms with Crippen LogP contribution in [0.1, 0.15) is 19.2 Å². The zero-order valence-corrected chi connectivity index (χ0v) is 12.0. The quantitative estimate of drug-likeness (QED) is 0.754. The summed E-state index contributed by atoms with van der Waals surface area (Å²) in [4.78, 5) is 4.40. The lowest BCUT2D eigenvalue weighted by Crippen LogP contribution is -2.08. The van der Waals surface area contributed by atoms with Gasteiger partial charge in [0.2, 0.25) is 0 Å². The molecule has 108 valence electrons. The molecular weight excluding hydrogens is 264 g/mol. The van der Waals surface area contributed by atoms with Crippen molar-refractivity contribution in [2.24, 2.45) is 0 Å². The Morgan fingerprint density at radius 1 is 1.19 bits per heavy atom. The van der Waals surface area contributed by atoms with Gasteiger partial charge in [0.25, 0.3) is 0 Å². The molecule has 0 unspecified atom stereocenters. The fourth-order valence-electron chi connectivity index (χ4n) is 2.24. The monoisotopic (exact) mass is 282 g/mol. The topological polar surface area (TPSA) is 60.6 Å². The average molecular weight is 282 g/mol. The standard InChI is InChI=1S/C15H18N6/c1-2-7-20-8-6-16-15(20)10-17-13-4-3-5-14(9-13)21-11-18-19-12-21/h3-6,8-9,11-12,17H,2,7,10H2,1H3. The predicted molar refractivity (Wildman–Crippen MR) is 81.2 cm³/mol. The van der Waals surface area contributed by atoms with E-state index in [2.05, 4.69) is 38.1 Å². The van der Waals surface area contributed by atoms with Crippen LogP contribution in [-0.2, 0) is 13.1 Å². The highest BCUT2D eigenvalue weighted by atomic mass is 15.2. The second-order valence-corrected chi connectivity index (χ2v) is 4.81. The number of anilines is 1. The van der Waals surface area contributed by atoms with Crippen molar-refractivity contribution in [3.05, 3.63) is 55.1 Å². The van der Waals surface area contributed by atoms with Gasteiger partial charge in [-0.15, -0.1) is 10.2 Å². The highest BCUT2D eigenvalue weighted by Crippen LogP contribution is 2.15. The normalized spacial score (nSPS) is 10.7. The molecule has 0 bridgehead atoms. The number of imidazole rings is 1. The van der Waals surface area contributed by atoms with E-state index in [1.807, 2.05) is 35.2 Å². The maximum Gasteiger partial charge on any atom is 0.128 e. The van der Waals surface area contributed by atoms with Crippen molar-refractivity contribution in [3.63, 3.8) is 0 Å². The van der Waals surface area contributed by atoms with Crippen molar-refractivity contribution < 1.29 is 0 Å². The van der Waals surface area contributed by atoms with Crippen LogP contribution in [0.2, 0.25) is 0 Å². The summed E-state index contributed by atoms with van der Waals surface area (Å²) >= 11 is 0. The van der Waals surface area contributed by atoms with Crippen LogP contribution in [-0.4, -0.2) is 24.3 Å². The fraction of sp³-hybridized carbons (Fsp3) is 0.267. The molecule has 6 nitrogen and oxygen atoms in total. The van der Waals surface area contributed by atoms with Crippen molar-refractivity contribution in [3.8, 4) is 5.69 Å². The van der Waals surface area contributed by atoms with Crippen LogP contribution in [0.3, 0.4) is 0 Å². The lowest BCUT2D eigenvalue weighted by Gasteiger charge is -2.10. The van der Waals surface area contributed by atoms with Gasteiger partial charge in [-0.3, -0.25) is 4.57 Å². The largest absolute Gasteiger partial charge is 0.378 e. The van der Waals surface area contributed by atoms with E-state index in [0.29, 0.717) is 6.54 Å². The second kappa shape index (κ2) is 6.21. The highest BCUT2D eigenvalue weighted by molar-refractivity contribution is 5.51. The first-order valence-electron chi connectivity index (χ1n) is 7.06. The summed E-state index contributed by atoms with van der Waals surface area (Å²) in [6.07, 6.45) is 8.35. The van der Waals surface area contributed by atoms with Crippen LogP contribution in [0.15, 0.2) is 49.3 Å². The molecule has 21 heavy (non-hydrogen) atoms. The summed E-state index contributed by atoms with van der Waals surface area (Å²) in [7, 11) is 0. The minimum absolute atomic E-state index is 0.707. The summed E-state index contributed by atoms with van der Waals surface area (Å²) in [5.41, 5.74) is 2.08. The molecule has 0 aliphatic carbocycles. The van der Waals surface area contributed by atoms with Crippen LogP contribution in [0.5, 0.6) is 0 Å². The molecule has 1 aromatic carbocycles. The third-order valence-electron chi connectivity index (χ3n) is 3.28. The molecule has 2 aromatic heterocycles. The third kappa shape index (κ3) is 3.10. The Bertz CT molecular complexity index is 686. The maximum atomic E-state index is 4.40. The first kappa shape index (κ1) is 13.4. The molecule has 0 amide bonds. The first-order chi connectivity index (χ1) is 10.4. The van der Waals surface area contributed by atoms with Crippen LogP contribution < -0.4 is 5.32 Å². The first-order valence-corrected chi connectivity index (χ1v) is 7.06. The van der Waals surface area contributed by atoms with E-state index in [-0.39, 0.29) is 0 Å². The van der Waals surface area contributed by atoms with Crippen LogP contribution in [0.4, 0.5) is 5.69 Å². The number of aromatic nitrogens is 5. The summed E-state index contributed by atoms with van der Waals surface area (Å²) in [5, 5.41) is 11.1. The minimum Gasteiger partial charge on any atom is -0.378 e. The van der Waals surface area contributed by atoms with E-state index in [1.54, 1.807) is 12.7 Å². The molecule has 0 saturated heterocycles. The Morgan fingerprint density at radius 2 is 2.05 bits per heavy atom. The Balaban J connectivity index is 1.71. The molecule has 3 aromatic rings. The van der Waals surface area contributed by atoms with Gasteiger partial charge in [-0.1, -0.05) is 13.0 Å². The van der Waals surface area contributed by atoms with E-state index in [0.717, 1.165) is 30.2 Å². The van der Waals surface area contributed by atoms with Gasteiger partial charge in [0.1, 0.15) is 18.5 Å². The zero-order chi connectivity index (χ0) is 14.5. The number of benzene rings is 1. The molecule has 6 heteroatoms. The Hall–Kier alpha value is -2.63. The van der Waals surface area contributed by atoms with Gasteiger partial charge in [-0.25, -0.2) is 4.98 Å². The molecule has 2 heterocycles. The van der Waals surface area contributed by atoms with Crippen molar-refractivity contribution >= 4 is 5.69 Å². The van der Waals surface area contributed by atoms with E-state index >= 15 is 0 Å². The van der Waals surface area contributed by atoms with E-state index in [9.17, 15) is 0 Å². The molecule has 0 fully saturated rings. The predicted octanol–water partition coefficient (Wildman–Crippen LogP) is 2.49. The molecule has 0 aliphatic heterocycles. The van der Waals surface area contributed by atoms with Crippen LogP contribution in [0, 0.1) is 0 Å². The Labute approximate surface area is 123 Å². The second-order valence-electron chi connectivity index (χ2n) is 4.81. The SMILES string of the molecule is CCCn1ccnc1CNc1cccc(-n2cnnc2)c1. The molecule has 0 saturated carbocycles. The fourth-order valence-corrected chi connectivity index (χ4v) is 2.24. The number of hydrogen-bond acceptors (Lipinski definition) is 4. The van der Waals surface area contributed by atoms with Gasteiger partial charge >= 0.3 is 0 Å². The smallest absolute Gasteiger partial charge is 0.128 e. The lowest BCUT2D eigenvalue weighted by molar-refractivity contribution is 0.644. The molecule has 0 radical (unpaired) electrons. The Kier molecular flexibility index (Phi) is 3.95. The van der Waals surface area contributed by atoms with Gasteiger partial charge in [0, 0.05) is 24.6 Å². The van der Waals surface area contributed by atoms with Gasteiger partial charge in [0.15, 0.2) is 0 Å². The van der Waals surface area contributed by atoms with E-state index in [1.165, 1.54) is 0 Å². The molecule has 0 spiro atoms. The number of hydrogen-bond donors (Lipinski definition) is 1. The molecular formula is C15H18N6. The van der Waals surface area contributed by atoms with E-state index < -0.39 is 0 Å². The molecule has 0 aliphatic rings. The summed E-state index contributed by atoms with van der Waals surface area (Å²) in [5.74, 6) is 1.05. The Morgan fingerprint density at radius 3 is 2.86 bits per heavy atom. The molecule has 0 atom stereocenters. The lowest BCUT2D eigenvalue weighted by atomic mass is 10.2. The zero-order valence-electron chi connectivity index (χ0n) is 12.0. The van der Waals surface area contributed by atoms with Crippen molar-refractivity contribution in [1.29, 1.82) is 0 Å². The van der Waals surface area contributed by atoms with Gasteiger partial charge in [-0.05, 0) is 24.6 Å². The molecule has 1 N–H and O–H groups in total. The molecule has 3 rings (SSSR count). The van der Waals surface area contributed by atoms with Gasteiger partial charge < -0.3 is 9.88 Å². The summed E-state index contributed by atoms with van der Waals surface area (Å²) in [6.45, 7) is 3.87. The van der Waals surface area contributed by atoms with Crippen molar-refractivity contribution in [1.82, 2.24) is 24.3 Å². The van der Waals surface area contributed by atoms with Gasteiger partial charge in [0.05, 0.1) is 12.2 Å². The average Bonchev–Trinajstić information content (AvgIpc) is 3.18. The number of nitrogens with one attached hydrogen (secondary N) is 1. The van der Waals surface area contributed by atoms with Gasteiger partial charge in [-0.2, -0.15) is 0 Å². The number of rotatable bonds is 6. The number of aryl methyl sites for hydroxylation is 1.